The normalized spacial score (nSPS) is 10.5. The van der Waals surface area contributed by atoms with Gasteiger partial charge in [0.05, 0.1) is 10.0 Å². The van der Waals surface area contributed by atoms with E-state index in [2.05, 4.69) is 21.2 Å². The Morgan fingerprint density at radius 2 is 1.71 bits per heavy atom. The Bertz CT molecular complexity index is 735. The lowest BCUT2D eigenvalue weighted by Crippen LogP contribution is -2.15. The number of nitrogen functional groups attached to an aromatic ring is 1. The molecule has 0 aromatic heterocycles. The topological polar surface area (TPSA) is 55.1 Å². The maximum Gasteiger partial charge on any atom is 0.257 e. The molecule has 110 valence electrons. The van der Waals surface area contributed by atoms with Crippen LogP contribution in [0.25, 0.3) is 0 Å². The van der Waals surface area contributed by atoms with E-state index in [9.17, 15) is 18.0 Å². The maximum absolute atomic E-state index is 13.3. The highest BCUT2D eigenvalue weighted by molar-refractivity contribution is 9.10. The Hall–Kier alpha value is -2.02. The molecule has 2 aromatic rings. The summed E-state index contributed by atoms with van der Waals surface area (Å²) in [4.78, 5) is 12.1. The third-order valence-electron chi connectivity index (χ3n) is 2.85. The Morgan fingerprint density at radius 1 is 1.10 bits per heavy atom. The number of nitrogens with two attached hydrogens (primary N) is 1. The lowest BCUT2D eigenvalue weighted by atomic mass is 10.1. The highest BCUT2D eigenvalue weighted by Gasteiger charge is 2.16. The van der Waals surface area contributed by atoms with Crippen LogP contribution in [0.15, 0.2) is 28.7 Å². The highest BCUT2D eigenvalue weighted by Crippen LogP contribution is 2.25. The number of hydrogen-bond donors (Lipinski definition) is 2. The van der Waals surface area contributed by atoms with E-state index in [1.807, 2.05) is 0 Å². The van der Waals surface area contributed by atoms with E-state index in [0.717, 1.165) is 6.07 Å². The molecule has 21 heavy (non-hydrogen) atoms. The molecule has 0 aliphatic carbocycles. The molecular formula is C14H10BrF3N2O. The van der Waals surface area contributed by atoms with E-state index < -0.39 is 23.4 Å². The van der Waals surface area contributed by atoms with Crippen LogP contribution in [0.5, 0.6) is 0 Å². The molecule has 2 rings (SSSR count). The van der Waals surface area contributed by atoms with E-state index in [-0.39, 0.29) is 15.7 Å². The number of carbonyl (C=O) groups is 1. The number of benzene rings is 2. The number of anilines is 2. The number of hydrogen-bond acceptors (Lipinski definition) is 2. The Morgan fingerprint density at radius 3 is 2.38 bits per heavy atom. The molecule has 0 aliphatic heterocycles. The molecule has 0 aliphatic rings. The van der Waals surface area contributed by atoms with E-state index >= 15 is 0 Å². The van der Waals surface area contributed by atoms with Gasteiger partial charge in [0.15, 0.2) is 11.6 Å². The first-order chi connectivity index (χ1) is 9.79. The van der Waals surface area contributed by atoms with E-state index in [1.54, 1.807) is 6.92 Å². The molecule has 0 atom stereocenters. The number of halogens is 4. The molecule has 1 amide bonds. The SMILES string of the molecule is Cc1cc(F)c(Br)cc1NC(=O)c1cc(F)c(F)cc1N. The first kappa shape index (κ1) is 15.4. The van der Waals surface area contributed by atoms with Crippen molar-refractivity contribution in [2.24, 2.45) is 0 Å². The summed E-state index contributed by atoms with van der Waals surface area (Å²) in [5, 5.41) is 2.48. The minimum absolute atomic E-state index is 0.168. The minimum atomic E-state index is -1.17. The number of rotatable bonds is 2. The Balaban J connectivity index is 2.35. The summed E-state index contributed by atoms with van der Waals surface area (Å²) >= 11 is 3.00. The van der Waals surface area contributed by atoms with Crippen LogP contribution in [-0.4, -0.2) is 5.91 Å². The molecule has 0 saturated heterocycles. The van der Waals surface area contributed by atoms with Crippen molar-refractivity contribution in [3.8, 4) is 0 Å². The monoisotopic (exact) mass is 358 g/mol. The third kappa shape index (κ3) is 3.18. The van der Waals surface area contributed by atoms with Gasteiger partial charge in [0.2, 0.25) is 0 Å². The van der Waals surface area contributed by atoms with Crippen molar-refractivity contribution in [2.45, 2.75) is 6.92 Å². The van der Waals surface area contributed by atoms with Crippen molar-refractivity contribution in [1.82, 2.24) is 0 Å². The first-order valence-corrected chi connectivity index (χ1v) is 6.60. The van der Waals surface area contributed by atoms with Gasteiger partial charge in [-0.05, 0) is 46.6 Å². The number of carbonyl (C=O) groups excluding carboxylic acids is 1. The predicted octanol–water partition coefficient (Wildman–Crippen LogP) is 4.01. The van der Waals surface area contributed by atoms with Crippen molar-refractivity contribution in [3.63, 3.8) is 0 Å². The second-order valence-electron chi connectivity index (χ2n) is 4.39. The van der Waals surface area contributed by atoms with Gasteiger partial charge >= 0.3 is 0 Å². The molecule has 0 unspecified atom stereocenters. The van der Waals surface area contributed by atoms with Crippen LogP contribution in [-0.2, 0) is 0 Å². The summed E-state index contributed by atoms with van der Waals surface area (Å²) in [6.45, 7) is 1.60. The van der Waals surface area contributed by atoms with Gasteiger partial charge in [-0.25, -0.2) is 13.2 Å². The fourth-order valence-electron chi connectivity index (χ4n) is 1.73. The van der Waals surface area contributed by atoms with Gasteiger partial charge in [-0.2, -0.15) is 0 Å². The van der Waals surface area contributed by atoms with Gasteiger partial charge < -0.3 is 11.1 Å². The Labute approximate surface area is 127 Å². The molecule has 0 bridgehead atoms. The number of aryl methyl sites for hydroxylation is 1. The molecule has 7 heteroatoms. The van der Waals surface area contributed by atoms with Crippen LogP contribution in [0.3, 0.4) is 0 Å². The maximum atomic E-state index is 13.3. The van der Waals surface area contributed by atoms with Gasteiger partial charge in [-0.1, -0.05) is 0 Å². The summed E-state index contributed by atoms with van der Waals surface area (Å²) in [5.41, 5.74) is 5.92. The number of amides is 1. The molecule has 0 heterocycles. The third-order valence-corrected chi connectivity index (χ3v) is 3.46. The summed E-state index contributed by atoms with van der Waals surface area (Å²) in [6, 6.07) is 4.05. The Kier molecular flexibility index (Phi) is 4.22. The second-order valence-corrected chi connectivity index (χ2v) is 5.24. The molecule has 0 fully saturated rings. The summed E-state index contributed by atoms with van der Waals surface area (Å²) in [5.74, 6) is -3.50. The molecule has 0 saturated carbocycles. The van der Waals surface area contributed by atoms with E-state index in [0.29, 0.717) is 17.3 Å². The lowest BCUT2D eigenvalue weighted by Gasteiger charge is -2.11. The van der Waals surface area contributed by atoms with Crippen LogP contribution < -0.4 is 11.1 Å². The van der Waals surface area contributed by atoms with Crippen LogP contribution >= 0.6 is 15.9 Å². The molecule has 0 radical (unpaired) electrons. The average molecular weight is 359 g/mol. The van der Waals surface area contributed by atoms with Crippen LogP contribution in [0.2, 0.25) is 0 Å². The van der Waals surface area contributed by atoms with Crippen molar-refractivity contribution in [2.75, 3.05) is 11.1 Å². The minimum Gasteiger partial charge on any atom is -0.398 e. The summed E-state index contributed by atoms with van der Waals surface area (Å²) in [6.07, 6.45) is 0. The largest absolute Gasteiger partial charge is 0.398 e. The quantitative estimate of drug-likeness (QED) is 0.797. The highest BCUT2D eigenvalue weighted by atomic mass is 79.9. The van der Waals surface area contributed by atoms with Crippen molar-refractivity contribution < 1.29 is 18.0 Å². The van der Waals surface area contributed by atoms with Gasteiger partial charge in [0, 0.05) is 17.4 Å². The second kappa shape index (κ2) is 5.77. The zero-order chi connectivity index (χ0) is 15.7. The zero-order valence-corrected chi connectivity index (χ0v) is 12.4. The van der Waals surface area contributed by atoms with Crippen LogP contribution in [0.1, 0.15) is 15.9 Å². The number of nitrogens with one attached hydrogen (secondary N) is 1. The lowest BCUT2D eigenvalue weighted by molar-refractivity contribution is 0.102. The molecular weight excluding hydrogens is 349 g/mol. The van der Waals surface area contributed by atoms with E-state index in [4.69, 9.17) is 5.73 Å². The smallest absolute Gasteiger partial charge is 0.257 e. The molecule has 2 aromatic carbocycles. The summed E-state index contributed by atoms with van der Waals surface area (Å²) in [7, 11) is 0. The standard InChI is InChI=1S/C14H10BrF3N2O/c1-6-2-9(16)8(15)4-13(6)20-14(21)7-3-10(17)11(18)5-12(7)19/h2-5H,19H2,1H3,(H,20,21). The van der Waals surface area contributed by atoms with Crippen LogP contribution in [0.4, 0.5) is 24.5 Å². The van der Waals surface area contributed by atoms with Gasteiger partial charge in [0.25, 0.3) is 5.91 Å². The zero-order valence-electron chi connectivity index (χ0n) is 10.8. The van der Waals surface area contributed by atoms with Crippen molar-refractivity contribution >= 4 is 33.2 Å². The molecule has 3 N–H and O–H groups in total. The fourth-order valence-corrected chi connectivity index (χ4v) is 2.07. The van der Waals surface area contributed by atoms with Gasteiger partial charge in [-0.15, -0.1) is 0 Å². The van der Waals surface area contributed by atoms with E-state index in [1.165, 1.54) is 12.1 Å². The van der Waals surface area contributed by atoms with Crippen LogP contribution in [0, 0.1) is 24.4 Å². The average Bonchev–Trinajstić information content (AvgIpc) is 2.40. The van der Waals surface area contributed by atoms with Crippen molar-refractivity contribution in [3.05, 3.63) is 57.3 Å². The van der Waals surface area contributed by atoms with Gasteiger partial charge in [-0.3, -0.25) is 4.79 Å². The predicted molar refractivity (Wildman–Crippen MR) is 77.6 cm³/mol. The molecule has 0 spiro atoms. The molecule has 3 nitrogen and oxygen atoms in total. The summed E-state index contributed by atoms with van der Waals surface area (Å²) < 4.78 is 39.6. The van der Waals surface area contributed by atoms with Gasteiger partial charge in [0.1, 0.15) is 5.82 Å². The fraction of sp³-hybridized carbons (Fsp3) is 0.0714. The van der Waals surface area contributed by atoms with Crippen molar-refractivity contribution in [1.29, 1.82) is 0 Å². The first-order valence-electron chi connectivity index (χ1n) is 5.81.